The number of hydrogen-bond acceptors (Lipinski definition) is 3. The van der Waals surface area contributed by atoms with Crippen LogP contribution in [0.5, 0.6) is 0 Å². The number of amides is 1. The number of alkyl halides is 3. The highest BCUT2D eigenvalue weighted by molar-refractivity contribution is 6.09. The summed E-state index contributed by atoms with van der Waals surface area (Å²) in [6.07, 6.45) is -1.98. The molecule has 146 valence electrons. The number of benzene rings is 2. The van der Waals surface area contributed by atoms with Crippen LogP contribution >= 0.6 is 0 Å². The first-order chi connectivity index (χ1) is 13.3. The summed E-state index contributed by atoms with van der Waals surface area (Å²) in [5.41, 5.74) is 6.58. The van der Waals surface area contributed by atoms with Gasteiger partial charge >= 0.3 is 6.18 Å². The molecule has 3 rings (SSSR count). The molecule has 0 aliphatic carbocycles. The fraction of sp³-hybridized carbons (Fsp3) is 0.200. The zero-order valence-corrected chi connectivity index (χ0v) is 14.9. The van der Waals surface area contributed by atoms with Gasteiger partial charge in [0.05, 0.1) is 6.54 Å². The third-order valence-electron chi connectivity index (χ3n) is 4.54. The number of aliphatic imine (C=N–C) groups is 1. The fourth-order valence-corrected chi connectivity index (χ4v) is 3.24. The second-order valence-electron chi connectivity index (χ2n) is 6.27. The largest absolute Gasteiger partial charge is 0.404 e. The highest BCUT2D eigenvalue weighted by Crippen LogP contribution is 2.46. The van der Waals surface area contributed by atoms with E-state index in [1.165, 1.54) is 42.7 Å². The fourth-order valence-electron chi connectivity index (χ4n) is 3.24. The van der Waals surface area contributed by atoms with E-state index in [1.807, 2.05) is 0 Å². The lowest BCUT2D eigenvalue weighted by molar-refractivity contribution is -0.161. The Morgan fingerprint density at radius 1 is 1.25 bits per heavy atom. The van der Waals surface area contributed by atoms with Crippen molar-refractivity contribution in [2.45, 2.75) is 18.6 Å². The predicted octanol–water partition coefficient (Wildman–Crippen LogP) is 4.02. The predicted molar refractivity (Wildman–Crippen MR) is 99.4 cm³/mol. The molecule has 1 amide bonds. The van der Waals surface area contributed by atoms with E-state index in [1.54, 1.807) is 19.2 Å². The van der Waals surface area contributed by atoms with Crippen LogP contribution in [0.4, 0.5) is 23.2 Å². The summed E-state index contributed by atoms with van der Waals surface area (Å²) < 4.78 is 54.7. The Morgan fingerprint density at radius 3 is 2.57 bits per heavy atom. The molecule has 2 aromatic rings. The zero-order chi connectivity index (χ0) is 20.5. The molecule has 1 atom stereocenters. The van der Waals surface area contributed by atoms with Crippen molar-refractivity contribution in [3.05, 3.63) is 71.2 Å². The van der Waals surface area contributed by atoms with Crippen LogP contribution in [0.2, 0.25) is 0 Å². The summed E-state index contributed by atoms with van der Waals surface area (Å²) in [5, 5.41) is 0. The number of fused-ring (bicyclic) bond motifs is 1. The first-order valence-electron chi connectivity index (χ1n) is 8.37. The van der Waals surface area contributed by atoms with Gasteiger partial charge in [-0.3, -0.25) is 9.79 Å². The van der Waals surface area contributed by atoms with Gasteiger partial charge in [-0.05, 0) is 23.3 Å². The molecule has 0 fully saturated rings. The summed E-state index contributed by atoms with van der Waals surface area (Å²) in [5.74, 6) is -4.00. The summed E-state index contributed by atoms with van der Waals surface area (Å²) in [6, 6.07) is 9.90. The maximum Gasteiger partial charge on any atom is 0.404 e. The lowest BCUT2D eigenvalue weighted by Crippen LogP contribution is -2.34. The van der Waals surface area contributed by atoms with Gasteiger partial charge in [-0.25, -0.2) is 4.39 Å². The summed E-state index contributed by atoms with van der Waals surface area (Å²) in [4.78, 5) is 17.3. The van der Waals surface area contributed by atoms with Crippen molar-refractivity contribution in [2.24, 2.45) is 10.7 Å². The molecule has 2 N–H and O–H groups in total. The summed E-state index contributed by atoms with van der Waals surface area (Å²) >= 11 is 0. The molecule has 8 heteroatoms. The Bertz CT molecular complexity index is 966. The van der Waals surface area contributed by atoms with Crippen LogP contribution in [0, 0.1) is 5.82 Å². The van der Waals surface area contributed by atoms with E-state index in [4.69, 9.17) is 5.73 Å². The van der Waals surface area contributed by atoms with Crippen molar-refractivity contribution in [3.8, 4) is 0 Å². The average molecular weight is 391 g/mol. The van der Waals surface area contributed by atoms with Gasteiger partial charge in [0.1, 0.15) is 5.82 Å². The third kappa shape index (κ3) is 3.49. The number of nitrogens with zero attached hydrogens (tertiary/aromatic N) is 2. The molecule has 2 aromatic carbocycles. The van der Waals surface area contributed by atoms with Crippen LogP contribution < -0.4 is 10.6 Å². The van der Waals surface area contributed by atoms with Crippen molar-refractivity contribution in [1.82, 2.24) is 0 Å². The molecule has 0 spiro atoms. The average Bonchev–Trinajstić information content (AvgIpc) is 2.93. The highest BCUT2D eigenvalue weighted by Gasteiger charge is 2.53. The molecular weight excluding hydrogens is 374 g/mol. The van der Waals surface area contributed by atoms with E-state index in [-0.39, 0.29) is 23.4 Å². The maximum atomic E-state index is 14.6. The zero-order valence-electron chi connectivity index (χ0n) is 14.9. The minimum Gasteiger partial charge on any atom is -0.404 e. The number of nitrogens with two attached hydrogens (primary N) is 1. The number of anilines is 1. The van der Waals surface area contributed by atoms with Crippen LogP contribution in [0.3, 0.4) is 0 Å². The van der Waals surface area contributed by atoms with Gasteiger partial charge in [-0.2, -0.15) is 13.2 Å². The molecule has 0 radical (unpaired) electrons. The highest BCUT2D eigenvalue weighted by atomic mass is 19.4. The van der Waals surface area contributed by atoms with E-state index in [0.29, 0.717) is 11.1 Å². The smallest absolute Gasteiger partial charge is 0.404 e. The van der Waals surface area contributed by atoms with Crippen molar-refractivity contribution in [2.75, 3.05) is 11.9 Å². The number of carbonyl (C=O) groups excluding carboxylic acids is 1. The van der Waals surface area contributed by atoms with E-state index >= 15 is 0 Å². The monoisotopic (exact) mass is 391 g/mol. The minimum absolute atomic E-state index is 0.0968. The second kappa shape index (κ2) is 7.46. The number of para-hydroxylation sites is 1. The van der Waals surface area contributed by atoms with Crippen LogP contribution in [0.25, 0.3) is 5.57 Å². The normalized spacial score (nSPS) is 17.5. The van der Waals surface area contributed by atoms with Crippen LogP contribution in [-0.4, -0.2) is 25.3 Å². The van der Waals surface area contributed by atoms with E-state index in [0.717, 1.165) is 4.90 Å². The van der Waals surface area contributed by atoms with Gasteiger partial charge in [-0.1, -0.05) is 30.3 Å². The molecule has 1 aliphatic rings. The van der Waals surface area contributed by atoms with Crippen LogP contribution in [-0.2, 0) is 11.3 Å². The van der Waals surface area contributed by atoms with Gasteiger partial charge in [0, 0.05) is 36.3 Å². The van der Waals surface area contributed by atoms with Gasteiger partial charge in [0.15, 0.2) is 5.92 Å². The van der Waals surface area contributed by atoms with Gasteiger partial charge in [-0.15, -0.1) is 0 Å². The topological polar surface area (TPSA) is 58.7 Å². The standard InChI is InChI=1S/C20H17F4N3O/c1-26-10-14(9-25)12-6-7-13(16(21)8-12)11-27-17-5-3-2-4-15(17)18(19(27)28)20(22,23)24/h2-10,18H,11,25H2,1H3/b14-9+,26-10?. The van der Waals surface area contributed by atoms with E-state index in [9.17, 15) is 22.4 Å². The third-order valence-corrected chi connectivity index (χ3v) is 4.54. The van der Waals surface area contributed by atoms with Crippen LogP contribution in [0.15, 0.2) is 53.7 Å². The quantitative estimate of drug-likeness (QED) is 0.632. The summed E-state index contributed by atoms with van der Waals surface area (Å²) in [6.45, 7) is -0.307. The SMILES string of the molecule is CN=C/C(=C\N)c1ccc(CN2C(=O)C(C(F)(F)F)c3ccccc32)c(F)c1. The maximum absolute atomic E-state index is 14.6. The van der Waals surface area contributed by atoms with E-state index < -0.39 is 23.8 Å². The molecule has 4 nitrogen and oxygen atoms in total. The Labute approximate surface area is 159 Å². The number of hydrogen-bond donors (Lipinski definition) is 1. The number of allylic oxidation sites excluding steroid dienone is 1. The first kappa shape index (κ1) is 19.6. The van der Waals surface area contributed by atoms with E-state index in [2.05, 4.69) is 4.99 Å². The Morgan fingerprint density at radius 2 is 1.96 bits per heavy atom. The van der Waals surface area contributed by atoms with Gasteiger partial charge in [0.2, 0.25) is 5.91 Å². The summed E-state index contributed by atoms with van der Waals surface area (Å²) in [7, 11) is 1.54. The lowest BCUT2D eigenvalue weighted by atomic mass is 10.0. The molecule has 0 bridgehead atoms. The van der Waals surface area contributed by atoms with Gasteiger partial charge in [0.25, 0.3) is 0 Å². The molecule has 0 saturated carbocycles. The molecule has 0 aromatic heterocycles. The van der Waals surface area contributed by atoms with Crippen LogP contribution in [0.1, 0.15) is 22.6 Å². The minimum atomic E-state index is -4.72. The van der Waals surface area contributed by atoms with Crippen molar-refractivity contribution in [3.63, 3.8) is 0 Å². The van der Waals surface area contributed by atoms with Crippen molar-refractivity contribution < 1.29 is 22.4 Å². The molecule has 0 saturated heterocycles. The first-order valence-corrected chi connectivity index (χ1v) is 8.37. The Kier molecular flexibility index (Phi) is 5.22. The molecule has 1 heterocycles. The molecule has 28 heavy (non-hydrogen) atoms. The lowest BCUT2D eigenvalue weighted by Gasteiger charge is -2.19. The van der Waals surface area contributed by atoms with Crippen molar-refractivity contribution >= 4 is 23.4 Å². The Hall–Kier alpha value is -3.16. The number of carbonyl (C=O) groups is 1. The number of halogens is 4. The molecule has 1 aliphatic heterocycles. The molecule has 1 unspecified atom stereocenters. The van der Waals surface area contributed by atoms with Gasteiger partial charge < -0.3 is 10.6 Å². The van der Waals surface area contributed by atoms with Crippen molar-refractivity contribution in [1.29, 1.82) is 0 Å². The second-order valence-corrected chi connectivity index (χ2v) is 6.27. The number of rotatable bonds is 4. The Balaban J connectivity index is 1.95. The molecular formula is C20H17F4N3O.